The van der Waals surface area contributed by atoms with Crippen LogP contribution in [0.1, 0.15) is 19.4 Å². The highest BCUT2D eigenvalue weighted by molar-refractivity contribution is 8.18. The molecule has 0 spiro atoms. The highest BCUT2D eigenvalue weighted by Gasteiger charge is 2.35. The molecule has 32 heavy (non-hydrogen) atoms. The van der Waals surface area contributed by atoms with Gasteiger partial charge in [0.25, 0.3) is 17.1 Å². The molecular formula is C23H23ClN2O5S. The van der Waals surface area contributed by atoms with Gasteiger partial charge in [0.15, 0.2) is 5.60 Å². The number of benzene rings is 2. The molecule has 168 valence electrons. The van der Waals surface area contributed by atoms with Crippen LogP contribution in [-0.4, -0.2) is 47.8 Å². The molecule has 1 fully saturated rings. The van der Waals surface area contributed by atoms with Gasteiger partial charge in [-0.2, -0.15) is 0 Å². The number of carbonyl (C=O) groups is 3. The van der Waals surface area contributed by atoms with Crippen LogP contribution >= 0.6 is 23.4 Å². The SMILES string of the molecule is COc1ccc(/C=C2\SC(=O)N(CCNC(=O)C(C)(C)Oc3ccc(Cl)cc3)C2=O)cc1. The van der Waals surface area contributed by atoms with Gasteiger partial charge in [-0.05, 0) is 73.6 Å². The van der Waals surface area contributed by atoms with E-state index < -0.39 is 5.60 Å². The molecular weight excluding hydrogens is 452 g/mol. The highest BCUT2D eigenvalue weighted by atomic mass is 35.5. The van der Waals surface area contributed by atoms with Crippen molar-refractivity contribution in [2.24, 2.45) is 0 Å². The van der Waals surface area contributed by atoms with Crippen LogP contribution in [0.5, 0.6) is 11.5 Å². The van der Waals surface area contributed by atoms with Crippen molar-refractivity contribution in [2.45, 2.75) is 19.4 Å². The lowest BCUT2D eigenvalue weighted by molar-refractivity contribution is -0.134. The van der Waals surface area contributed by atoms with E-state index in [9.17, 15) is 14.4 Å². The minimum Gasteiger partial charge on any atom is -0.497 e. The maximum absolute atomic E-state index is 12.6. The standard InChI is InChI=1S/C23H23ClN2O5S/c1-23(2,31-18-10-6-16(24)7-11-18)21(28)25-12-13-26-20(27)19(32-22(26)29)14-15-4-8-17(30-3)9-5-15/h4-11,14H,12-13H2,1-3H3,(H,25,28)/b19-14-. The third kappa shape index (κ3) is 5.83. The van der Waals surface area contributed by atoms with E-state index in [1.807, 2.05) is 0 Å². The number of imide groups is 1. The summed E-state index contributed by atoms with van der Waals surface area (Å²) in [6.07, 6.45) is 1.66. The highest BCUT2D eigenvalue weighted by Crippen LogP contribution is 2.32. The van der Waals surface area contributed by atoms with Crippen LogP contribution in [-0.2, 0) is 9.59 Å². The number of amides is 3. The normalized spacial score (nSPS) is 15.2. The number of nitrogens with zero attached hydrogens (tertiary/aromatic N) is 1. The van der Waals surface area contributed by atoms with Crippen molar-refractivity contribution in [3.63, 3.8) is 0 Å². The van der Waals surface area contributed by atoms with Crippen molar-refractivity contribution in [3.8, 4) is 11.5 Å². The second-order valence-corrected chi connectivity index (χ2v) is 8.86. The Bertz CT molecular complexity index is 1040. The van der Waals surface area contributed by atoms with Gasteiger partial charge in [0.05, 0.1) is 12.0 Å². The van der Waals surface area contributed by atoms with Crippen LogP contribution in [0.3, 0.4) is 0 Å². The fraction of sp³-hybridized carbons (Fsp3) is 0.261. The summed E-state index contributed by atoms with van der Waals surface area (Å²) < 4.78 is 10.9. The molecule has 3 rings (SSSR count). The molecule has 1 heterocycles. The summed E-state index contributed by atoms with van der Waals surface area (Å²) in [7, 11) is 1.57. The first-order valence-corrected chi connectivity index (χ1v) is 11.0. The zero-order valence-corrected chi connectivity index (χ0v) is 19.5. The zero-order valence-electron chi connectivity index (χ0n) is 17.9. The summed E-state index contributed by atoms with van der Waals surface area (Å²) in [6, 6.07) is 13.8. The third-order valence-electron chi connectivity index (χ3n) is 4.64. The van der Waals surface area contributed by atoms with Crippen molar-refractivity contribution in [2.75, 3.05) is 20.2 Å². The summed E-state index contributed by atoms with van der Waals surface area (Å²) in [5.74, 6) is 0.452. The number of nitrogens with one attached hydrogen (secondary N) is 1. The van der Waals surface area contributed by atoms with E-state index in [1.54, 1.807) is 75.6 Å². The topological polar surface area (TPSA) is 84.9 Å². The number of hydrogen-bond donors (Lipinski definition) is 1. The largest absolute Gasteiger partial charge is 0.497 e. The minimum absolute atomic E-state index is 0.0629. The summed E-state index contributed by atoms with van der Waals surface area (Å²) in [4.78, 5) is 38.9. The molecule has 9 heteroatoms. The van der Waals surface area contributed by atoms with Crippen molar-refractivity contribution >= 4 is 46.5 Å². The lowest BCUT2D eigenvalue weighted by atomic mass is 10.1. The predicted molar refractivity (Wildman–Crippen MR) is 125 cm³/mol. The average Bonchev–Trinajstić information content (AvgIpc) is 3.03. The quantitative estimate of drug-likeness (QED) is 0.572. The van der Waals surface area contributed by atoms with Crippen LogP contribution in [0.4, 0.5) is 4.79 Å². The Morgan fingerprint density at radius 3 is 2.34 bits per heavy atom. The van der Waals surface area contributed by atoms with E-state index in [1.165, 1.54) is 0 Å². The van der Waals surface area contributed by atoms with E-state index in [-0.39, 0.29) is 30.1 Å². The Balaban J connectivity index is 1.55. The first kappa shape index (κ1) is 23.7. The minimum atomic E-state index is -1.15. The van der Waals surface area contributed by atoms with Crippen LogP contribution in [0, 0.1) is 0 Å². The van der Waals surface area contributed by atoms with Crippen LogP contribution < -0.4 is 14.8 Å². The number of rotatable bonds is 8. The maximum atomic E-state index is 12.6. The van der Waals surface area contributed by atoms with E-state index in [2.05, 4.69) is 5.32 Å². The molecule has 3 amide bonds. The van der Waals surface area contributed by atoms with Gasteiger partial charge in [-0.25, -0.2) is 0 Å². The van der Waals surface area contributed by atoms with Crippen molar-refractivity contribution in [1.82, 2.24) is 10.2 Å². The number of methoxy groups -OCH3 is 1. The van der Waals surface area contributed by atoms with Gasteiger partial charge in [0, 0.05) is 18.1 Å². The molecule has 2 aromatic rings. The van der Waals surface area contributed by atoms with Crippen molar-refractivity contribution in [3.05, 3.63) is 64.0 Å². The molecule has 1 saturated heterocycles. The molecule has 1 aliphatic rings. The Morgan fingerprint density at radius 1 is 1.09 bits per heavy atom. The van der Waals surface area contributed by atoms with Gasteiger partial charge in [0.2, 0.25) is 0 Å². The summed E-state index contributed by atoms with van der Waals surface area (Å²) in [5, 5.41) is 2.91. The maximum Gasteiger partial charge on any atom is 0.293 e. The van der Waals surface area contributed by atoms with E-state index in [0.717, 1.165) is 22.2 Å². The third-order valence-corrected chi connectivity index (χ3v) is 5.80. The lowest BCUT2D eigenvalue weighted by Gasteiger charge is -2.25. The number of halogens is 1. The fourth-order valence-electron chi connectivity index (χ4n) is 2.88. The Labute approximate surface area is 195 Å². The zero-order chi connectivity index (χ0) is 23.3. The van der Waals surface area contributed by atoms with Gasteiger partial charge < -0.3 is 14.8 Å². The smallest absolute Gasteiger partial charge is 0.293 e. The molecule has 0 bridgehead atoms. The number of carbonyl (C=O) groups excluding carboxylic acids is 3. The number of thioether (sulfide) groups is 1. The van der Waals surface area contributed by atoms with Gasteiger partial charge >= 0.3 is 0 Å². The molecule has 0 saturated carbocycles. The second-order valence-electron chi connectivity index (χ2n) is 7.43. The number of ether oxygens (including phenoxy) is 2. The molecule has 0 aromatic heterocycles. The van der Waals surface area contributed by atoms with Gasteiger partial charge in [-0.1, -0.05) is 23.7 Å². The van der Waals surface area contributed by atoms with Gasteiger partial charge in [-0.15, -0.1) is 0 Å². The van der Waals surface area contributed by atoms with Crippen LogP contribution in [0.15, 0.2) is 53.4 Å². The van der Waals surface area contributed by atoms with Crippen LogP contribution in [0.25, 0.3) is 6.08 Å². The van der Waals surface area contributed by atoms with E-state index in [0.29, 0.717) is 21.4 Å². The lowest BCUT2D eigenvalue weighted by Crippen LogP contribution is -2.48. The molecule has 2 aromatic carbocycles. The summed E-state index contributed by atoms with van der Waals surface area (Å²) in [6.45, 7) is 3.44. The Kier molecular flexibility index (Phi) is 7.48. The molecule has 0 aliphatic carbocycles. The van der Waals surface area contributed by atoms with Crippen molar-refractivity contribution < 1.29 is 23.9 Å². The summed E-state index contributed by atoms with van der Waals surface area (Å²) >= 11 is 6.74. The molecule has 1 N–H and O–H groups in total. The van der Waals surface area contributed by atoms with Gasteiger partial charge in [0.1, 0.15) is 11.5 Å². The van der Waals surface area contributed by atoms with E-state index in [4.69, 9.17) is 21.1 Å². The van der Waals surface area contributed by atoms with E-state index >= 15 is 0 Å². The average molecular weight is 475 g/mol. The first-order valence-electron chi connectivity index (χ1n) is 9.82. The summed E-state index contributed by atoms with van der Waals surface area (Å²) in [5.41, 5.74) is -0.369. The monoisotopic (exact) mass is 474 g/mol. The molecule has 1 aliphatic heterocycles. The van der Waals surface area contributed by atoms with Gasteiger partial charge in [-0.3, -0.25) is 19.3 Å². The fourth-order valence-corrected chi connectivity index (χ4v) is 3.87. The molecule has 0 atom stereocenters. The van der Waals surface area contributed by atoms with Crippen LogP contribution in [0.2, 0.25) is 5.02 Å². The Hall–Kier alpha value is -2.97. The first-order chi connectivity index (χ1) is 15.2. The molecule has 7 nitrogen and oxygen atoms in total. The predicted octanol–water partition coefficient (Wildman–Crippen LogP) is 4.36. The number of hydrogen-bond acceptors (Lipinski definition) is 6. The Morgan fingerprint density at radius 2 is 1.72 bits per heavy atom. The molecule has 0 radical (unpaired) electrons. The van der Waals surface area contributed by atoms with Crippen molar-refractivity contribution in [1.29, 1.82) is 0 Å². The molecule has 0 unspecified atom stereocenters. The second kappa shape index (κ2) is 10.1.